The summed E-state index contributed by atoms with van der Waals surface area (Å²) in [5.74, 6) is 0. The van der Waals surface area contributed by atoms with Gasteiger partial charge in [0.2, 0.25) is 10.0 Å². The summed E-state index contributed by atoms with van der Waals surface area (Å²) in [4.78, 5) is 2.35. The Morgan fingerprint density at radius 1 is 1.14 bits per heavy atom. The molecular weight excluding hydrogens is 424 g/mol. The Hall–Kier alpha value is 0.01000. The Morgan fingerprint density at radius 2 is 1.76 bits per heavy atom. The molecule has 0 radical (unpaired) electrons. The van der Waals surface area contributed by atoms with Crippen molar-refractivity contribution < 1.29 is 13.5 Å². The lowest BCUT2D eigenvalue weighted by Gasteiger charge is -2.33. The summed E-state index contributed by atoms with van der Waals surface area (Å²) in [6.45, 7) is 4.78. The molecule has 21 heavy (non-hydrogen) atoms. The number of hydrogen-bond donors (Lipinski definition) is 1. The lowest BCUT2D eigenvalue weighted by molar-refractivity contribution is 0.151. The number of piperazine rings is 1. The molecule has 0 aliphatic carbocycles. The van der Waals surface area contributed by atoms with Gasteiger partial charge < -0.3 is 5.11 Å². The minimum atomic E-state index is -3.50. The van der Waals surface area contributed by atoms with E-state index >= 15 is 0 Å². The molecule has 1 heterocycles. The van der Waals surface area contributed by atoms with Gasteiger partial charge in [-0.2, -0.15) is 4.31 Å². The molecule has 1 saturated heterocycles. The van der Waals surface area contributed by atoms with Crippen LogP contribution in [0.3, 0.4) is 0 Å². The number of β-amino-alcohol motifs (C(OH)–C–C–N with tert-alkyl or cyclic N) is 1. The highest BCUT2D eigenvalue weighted by atomic mass is 79.9. The maximum Gasteiger partial charge on any atom is 0.244 e. The molecule has 1 aliphatic rings. The molecular formula is C13H18Br2N2O3S. The van der Waals surface area contributed by atoms with E-state index < -0.39 is 10.0 Å². The van der Waals surface area contributed by atoms with Crippen LogP contribution in [-0.4, -0.2) is 62.1 Å². The molecule has 0 amide bonds. The van der Waals surface area contributed by atoms with E-state index in [1.807, 2.05) is 6.92 Å². The number of nitrogens with zero attached hydrogens (tertiary/aromatic N) is 2. The summed E-state index contributed by atoms with van der Waals surface area (Å²) < 4.78 is 28.4. The predicted octanol–water partition coefficient (Wildman–Crippen LogP) is 1.82. The minimum absolute atomic E-state index is 0.100. The van der Waals surface area contributed by atoms with Crippen LogP contribution in [0.2, 0.25) is 0 Å². The van der Waals surface area contributed by atoms with Crippen LogP contribution in [0.1, 0.15) is 5.56 Å². The van der Waals surface area contributed by atoms with E-state index in [4.69, 9.17) is 5.11 Å². The fourth-order valence-corrected chi connectivity index (χ4v) is 5.36. The summed E-state index contributed by atoms with van der Waals surface area (Å²) in [6.07, 6.45) is 0. The summed E-state index contributed by atoms with van der Waals surface area (Å²) in [5.41, 5.74) is 0.980. The fraction of sp³-hybridized carbons (Fsp3) is 0.538. The van der Waals surface area contributed by atoms with E-state index in [0.717, 1.165) is 10.0 Å². The lowest BCUT2D eigenvalue weighted by atomic mass is 10.2. The first-order valence-electron chi connectivity index (χ1n) is 6.65. The summed E-state index contributed by atoms with van der Waals surface area (Å²) >= 11 is 6.74. The number of sulfonamides is 1. The summed E-state index contributed by atoms with van der Waals surface area (Å²) in [5, 5.41) is 8.93. The molecule has 2 rings (SSSR count). The van der Waals surface area contributed by atoms with Crippen LogP contribution in [0.4, 0.5) is 0 Å². The van der Waals surface area contributed by atoms with Gasteiger partial charge >= 0.3 is 0 Å². The van der Waals surface area contributed by atoms with Crippen molar-refractivity contribution in [2.24, 2.45) is 0 Å². The van der Waals surface area contributed by atoms with Gasteiger partial charge in [0.05, 0.1) is 11.5 Å². The standard InChI is InChI=1S/C13H18Br2N2O3S/c1-10-8-12(15)13(9-11(10)14)21(19,20)17-4-2-16(3-5-17)6-7-18/h8-9,18H,2-7H2,1H3. The second-order valence-electron chi connectivity index (χ2n) is 5.00. The van der Waals surface area contributed by atoms with E-state index in [2.05, 4.69) is 36.8 Å². The van der Waals surface area contributed by atoms with Crippen molar-refractivity contribution in [2.75, 3.05) is 39.3 Å². The largest absolute Gasteiger partial charge is 0.395 e. The molecule has 1 aromatic rings. The summed E-state index contributed by atoms with van der Waals surface area (Å²) in [7, 11) is -3.50. The SMILES string of the molecule is Cc1cc(Br)c(S(=O)(=O)N2CCN(CCO)CC2)cc1Br. The van der Waals surface area contributed by atoms with E-state index in [1.165, 1.54) is 4.31 Å². The predicted molar refractivity (Wildman–Crippen MR) is 88.9 cm³/mol. The van der Waals surface area contributed by atoms with Gasteiger partial charge in [0.25, 0.3) is 0 Å². The van der Waals surface area contributed by atoms with Crippen LogP contribution >= 0.6 is 31.9 Å². The average molecular weight is 442 g/mol. The van der Waals surface area contributed by atoms with Crippen molar-refractivity contribution in [1.29, 1.82) is 0 Å². The normalized spacial score (nSPS) is 18.1. The number of hydrogen-bond acceptors (Lipinski definition) is 4. The van der Waals surface area contributed by atoms with Crippen LogP contribution in [0.5, 0.6) is 0 Å². The number of aryl methyl sites for hydroxylation is 1. The van der Waals surface area contributed by atoms with Gasteiger partial charge in [-0.25, -0.2) is 8.42 Å². The number of halogens is 2. The minimum Gasteiger partial charge on any atom is -0.395 e. The second kappa shape index (κ2) is 7.06. The van der Waals surface area contributed by atoms with Crippen LogP contribution in [-0.2, 0) is 10.0 Å². The van der Waals surface area contributed by atoms with Crippen molar-refractivity contribution in [2.45, 2.75) is 11.8 Å². The van der Waals surface area contributed by atoms with Crippen LogP contribution in [0, 0.1) is 6.92 Å². The zero-order valence-corrected chi connectivity index (χ0v) is 15.7. The zero-order chi connectivity index (χ0) is 15.6. The molecule has 5 nitrogen and oxygen atoms in total. The number of rotatable bonds is 4. The van der Waals surface area contributed by atoms with Crippen molar-refractivity contribution in [3.05, 3.63) is 26.6 Å². The first-order valence-corrected chi connectivity index (χ1v) is 9.68. The quantitative estimate of drug-likeness (QED) is 0.774. The van der Waals surface area contributed by atoms with E-state index in [1.54, 1.807) is 12.1 Å². The molecule has 1 aromatic carbocycles. The van der Waals surface area contributed by atoms with Crippen LogP contribution in [0.15, 0.2) is 26.0 Å². The van der Waals surface area contributed by atoms with Crippen molar-refractivity contribution >= 4 is 41.9 Å². The molecule has 0 unspecified atom stereocenters. The molecule has 0 aromatic heterocycles. The van der Waals surface area contributed by atoms with Gasteiger partial charge in [-0.05, 0) is 40.5 Å². The first-order chi connectivity index (χ1) is 9.86. The maximum absolute atomic E-state index is 12.7. The monoisotopic (exact) mass is 440 g/mol. The van der Waals surface area contributed by atoms with E-state index in [-0.39, 0.29) is 11.5 Å². The highest BCUT2D eigenvalue weighted by Gasteiger charge is 2.30. The van der Waals surface area contributed by atoms with Crippen LogP contribution in [0.25, 0.3) is 0 Å². The lowest BCUT2D eigenvalue weighted by Crippen LogP contribution is -2.49. The molecule has 0 bridgehead atoms. The Labute approximate surface area is 142 Å². The average Bonchev–Trinajstić information content (AvgIpc) is 2.43. The highest BCUT2D eigenvalue weighted by Crippen LogP contribution is 2.31. The van der Waals surface area contributed by atoms with Gasteiger partial charge in [-0.1, -0.05) is 15.9 Å². The van der Waals surface area contributed by atoms with Crippen molar-refractivity contribution in [1.82, 2.24) is 9.21 Å². The Morgan fingerprint density at radius 3 is 2.33 bits per heavy atom. The molecule has 1 N–H and O–H groups in total. The number of benzene rings is 1. The topological polar surface area (TPSA) is 60.9 Å². The third-order valence-electron chi connectivity index (χ3n) is 3.58. The van der Waals surface area contributed by atoms with Crippen LogP contribution < -0.4 is 0 Å². The van der Waals surface area contributed by atoms with E-state index in [0.29, 0.717) is 37.2 Å². The molecule has 1 aliphatic heterocycles. The number of aliphatic hydroxyl groups excluding tert-OH is 1. The van der Waals surface area contributed by atoms with Crippen molar-refractivity contribution in [3.8, 4) is 0 Å². The van der Waals surface area contributed by atoms with Gasteiger partial charge in [0, 0.05) is 41.7 Å². The Bertz CT molecular complexity index is 614. The highest BCUT2D eigenvalue weighted by molar-refractivity contribution is 9.11. The zero-order valence-electron chi connectivity index (χ0n) is 11.7. The molecule has 1 fully saturated rings. The Kier molecular flexibility index (Phi) is 5.84. The maximum atomic E-state index is 12.7. The van der Waals surface area contributed by atoms with Crippen molar-refractivity contribution in [3.63, 3.8) is 0 Å². The van der Waals surface area contributed by atoms with Gasteiger partial charge in [0.15, 0.2) is 0 Å². The molecule has 0 saturated carbocycles. The molecule has 118 valence electrons. The number of aliphatic hydroxyl groups is 1. The third-order valence-corrected chi connectivity index (χ3v) is 7.29. The fourth-order valence-electron chi connectivity index (χ4n) is 2.30. The van der Waals surface area contributed by atoms with Gasteiger partial charge in [-0.15, -0.1) is 0 Å². The Balaban J connectivity index is 2.22. The first kappa shape index (κ1) is 17.4. The molecule has 0 spiro atoms. The second-order valence-corrected chi connectivity index (χ2v) is 8.62. The molecule has 0 atom stereocenters. The molecule has 8 heteroatoms. The van der Waals surface area contributed by atoms with Gasteiger partial charge in [-0.3, -0.25) is 4.90 Å². The van der Waals surface area contributed by atoms with Gasteiger partial charge in [0.1, 0.15) is 0 Å². The third kappa shape index (κ3) is 3.86. The van der Waals surface area contributed by atoms with E-state index in [9.17, 15) is 8.42 Å². The smallest absolute Gasteiger partial charge is 0.244 e. The summed E-state index contributed by atoms with van der Waals surface area (Å²) in [6, 6.07) is 3.45.